The highest BCUT2D eigenvalue weighted by atomic mass is 16.3. The van der Waals surface area contributed by atoms with Crippen LogP contribution in [0.2, 0.25) is 0 Å². The molecule has 0 aromatic carbocycles. The third-order valence-electron chi connectivity index (χ3n) is 4.66. The standard InChI is InChI=1S/C15H25N3O/c19-15(8-3-4-9-15)12-16-11-13-7-10-18(17-13)14-5-1-2-6-14/h7,10,14,16,19H,1-6,8-9,11-12H2. The summed E-state index contributed by atoms with van der Waals surface area (Å²) in [6, 6.07) is 2.72. The highest BCUT2D eigenvalue weighted by Gasteiger charge is 2.30. The predicted octanol–water partition coefficient (Wildman–Crippen LogP) is 2.39. The Morgan fingerprint density at radius 1 is 1.26 bits per heavy atom. The van der Waals surface area contributed by atoms with E-state index in [2.05, 4.69) is 27.4 Å². The van der Waals surface area contributed by atoms with Gasteiger partial charge in [-0.1, -0.05) is 25.7 Å². The predicted molar refractivity (Wildman–Crippen MR) is 74.9 cm³/mol. The van der Waals surface area contributed by atoms with Crippen LogP contribution in [0.4, 0.5) is 0 Å². The minimum absolute atomic E-state index is 0.464. The number of nitrogens with zero attached hydrogens (tertiary/aromatic N) is 2. The van der Waals surface area contributed by atoms with E-state index in [0.29, 0.717) is 12.6 Å². The van der Waals surface area contributed by atoms with Crippen molar-refractivity contribution in [2.45, 2.75) is 69.6 Å². The first kappa shape index (κ1) is 13.1. The van der Waals surface area contributed by atoms with Crippen molar-refractivity contribution < 1.29 is 5.11 Å². The molecule has 2 fully saturated rings. The van der Waals surface area contributed by atoms with Crippen molar-refractivity contribution in [1.82, 2.24) is 15.1 Å². The summed E-state index contributed by atoms with van der Waals surface area (Å²) in [7, 11) is 0. The monoisotopic (exact) mass is 263 g/mol. The van der Waals surface area contributed by atoms with Crippen LogP contribution in [-0.2, 0) is 6.54 Å². The van der Waals surface area contributed by atoms with E-state index < -0.39 is 5.60 Å². The van der Waals surface area contributed by atoms with Gasteiger partial charge in [0.05, 0.1) is 17.3 Å². The second-order valence-corrected chi connectivity index (χ2v) is 6.26. The zero-order valence-electron chi connectivity index (χ0n) is 11.6. The lowest BCUT2D eigenvalue weighted by Gasteiger charge is -2.22. The van der Waals surface area contributed by atoms with E-state index in [0.717, 1.165) is 37.9 Å². The van der Waals surface area contributed by atoms with Crippen molar-refractivity contribution >= 4 is 0 Å². The number of hydrogen-bond acceptors (Lipinski definition) is 3. The molecule has 2 aliphatic carbocycles. The molecule has 2 aliphatic rings. The van der Waals surface area contributed by atoms with Gasteiger partial charge in [0.15, 0.2) is 0 Å². The Balaban J connectivity index is 1.47. The molecule has 0 aliphatic heterocycles. The molecule has 0 bridgehead atoms. The molecule has 0 unspecified atom stereocenters. The van der Waals surface area contributed by atoms with Gasteiger partial charge in [0.2, 0.25) is 0 Å². The third-order valence-corrected chi connectivity index (χ3v) is 4.66. The van der Waals surface area contributed by atoms with Gasteiger partial charge in [-0.25, -0.2) is 0 Å². The molecular weight excluding hydrogens is 238 g/mol. The van der Waals surface area contributed by atoms with E-state index >= 15 is 0 Å². The highest BCUT2D eigenvalue weighted by Crippen LogP contribution is 2.29. The number of nitrogens with one attached hydrogen (secondary N) is 1. The number of hydrogen-bond donors (Lipinski definition) is 2. The Morgan fingerprint density at radius 3 is 2.74 bits per heavy atom. The fourth-order valence-electron chi connectivity index (χ4n) is 3.48. The topological polar surface area (TPSA) is 50.1 Å². The normalized spacial score (nSPS) is 23.2. The van der Waals surface area contributed by atoms with Crippen molar-refractivity contribution in [3.05, 3.63) is 18.0 Å². The molecule has 4 nitrogen and oxygen atoms in total. The number of rotatable bonds is 5. The first-order valence-corrected chi connectivity index (χ1v) is 7.72. The van der Waals surface area contributed by atoms with E-state index in [1.165, 1.54) is 25.7 Å². The van der Waals surface area contributed by atoms with Gasteiger partial charge in [0, 0.05) is 19.3 Å². The SMILES string of the molecule is OC1(CNCc2ccn(C3CCCC3)n2)CCCC1. The number of aromatic nitrogens is 2. The van der Waals surface area contributed by atoms with Crippen molar-refractivity contribution in [3.63, 3.8) is 0 Å². The van der Waals surface area contributed by atoms with E-state index in [9.17, 15) is 5.11 Å². The van der Waals surface area contributed by atoms with Crippen molar-refractivity contribution in [1.29, 1.82) is 0 Å². The van der Waals surface area contributed by atoms with Crippen LogP contribution in [0.5, 0.6) is 0 Å². The maximum atomic E-state index is 10.3. The minimum atomic E-state index is -0.464. The maximum absolute atomic E-state index is 10.3. The summed E-state index contributed by atoms with van der Waals surface area (Å²) in [5, 5.41) is 18.3. The summed E-state index contributed by atoms with van der Waals surface area (Å²) < 4.78 is 2.13. The molecule has 0 spiro atoms. The Morgan fingerprint density at radius 2 is 2.00 bits per heavy atom. The van der Waals surface area contributed by atoms with Gasteiger partial charge in [0.1, 0.15) is 0 Å². The van der Waals surface area contributed by atoms with Gasteiger partial charge in [-0.15, -0.1) is 0 Å². The van der Waals surface area contributed by atoms with Crippen LogP contribution < -0.4 is 5.32 Å². The summed E-state index contributed by atoms with van der Waals surface area (Å²) in [6.07, 6.45) is 11.5. The smallest absolute Gasteiger partial charge is 0.0771 e. The fraction of sp³-hybridized carbons (Fsp3) is 0.800. The van der Waals surface area contributed by atoms with Crippen LogP contribution in [0.3, 0.4) is 0 Å². The largest absolute Gasteiger partial charge is 0.389 e. The van der Waals surface area contributed by atoms with Gasteiger partial charge in [-0.05, 0) is 31.7 Å². The lowest BCUT2D eigenvalue weighted by atomic mass is 10.0. The zero-order chi connectivity index (χ0) is 13.1. The van der Waals surface area contributed by atoms with Gasteiger partial charge in [-0.3, -0.25) is 4.68 Å². The van der Waals surface area contributed by atoms with Gasteiger partial charge in [0.25, 0.3) is 0 Å². The summed E-state index contributed by atoms with van der Waals surface area (Å²) in [4.78, 5) is 0. The van der Waals surface area contributed by atoms with Crippen molar-refractivity contribution in [2.75, 3.05) is 6.54 Å². The number of aliphatic hydroxyl groups is 1. The van der Waals surface area contributed by atoms with Gasteiger partial charge in [-0.2, -0.15) is 5.10 Å². The molecule has 106 valence electrons. The molecule has 1 aromatic rings. The van der Waals surface area contributed by atoms with Crippen LogP contribution in [0, 0.1) is 0 Å². The molecule has 2 N–H and O–H groups in total. The first-order chi connectivity index (χ1) is 9.25. The molecule has 0 atom stereocenters. The van der Waals surface area contributed by atoms with Gasteiger partial charge < -0.3 is 10.4 Å². The molecule has 1 heterocycles. The lowest BCUT2D eigenvalue weighted by Crippen LogP contribution is -2.37. The van der Waals surface area contributed by atoms with Crippen LogP contribution >= 0.6 is 0 Å². The Bertz CT molecular complexity index is 403. The first-order valence-electron chi connectivity index (χ1n) is 7.72. The quantitative estimate of drug-likeness (QED) is 0.857. The van der Waals surface area contributed by atoms with E-state index in [1.54, 1.807) is 0 Å². The molecule has 0 radical (unpaired) electrons. The minimum Gasteiger partial charge on any atom is -0.389 e. The van der Waals surface area contributed by atoms with Gasteiger partial charge >= 0.3 is 0 Å². The van der Waals surface area contributed by atoms with Crippen LogP contribution in [0.25, 0.3) is 0 Å². The molecule has 0 saturated heterocycles. The van der Waals surface area contributed by atoms with Crippen molar-refractivity contribution in [3.8, 4) is 0 Å². The van der Waals surface area contributed by atoms with Crippen LogP contribution in [0.15, 0.2) is 12.3 Å². The second-order valence-electron chi connectivity index (χ2n) is 6.26. The average molecular weight is 263 g/mol. The molecule has 2 saturated carbocycles. The van der Waals surface area contributed by atoms with Crippen LogP contribution in [0.1, 0.15) is 63.1 Å². The zero-order valence-corrected chi connectivity index (χ0v) is 11.6. The van der Waals surface area contributed by atoms with E-state index in [1.807, 2.05) is 0 Å². The molecule has 0 amide bonds. The molecular formula is C15H25N3O. The van der Waals surface area contributed by atoms with E-state index in [-0.39, 0.29) is 0 Å². The summed E-state index contributed by atoms with van der Waals surface area (Å²) in [5.41, 5.74) is 0.627. The lowest BCUT2D eigenvalue weighted by molar-refractivity contribution is 0.0474. The third kappa shape index (κ3) is 3.18. The Labute approximate surface area is 115 Å². The average Bonchev–Trinajstić information content (AvgIpc) is 3.08. The Hall–Kier alpha value is -0.870. The second kappa shape index (κ2) is 5.63. The summed E-state index contributed by atoms with van der Waals surface area (Å²) in [5.74, 6) is 0. The molecule has 19 heavy (non-hydrogen) atoms. The molecule has 1 aromatic heterocycles. The van der Waals surface area contributed by atoms with Crippen LogP contribution in [-0.4, -0.2) is 27.0 Å². The summed E-state index contributed by atoms with van der Waals surface area (Å²) in [6.45, 7) is 1.46. The molecule has 4 heteroatoms. The fourth-order valence-corrected chi connectivity index (χ4v) is 3.48. The Kier molecular flexibility index (Phi) is 3.89. The molecule has 3 rings (SSSR count). The highest BCUT2D eigenvalue weighted by molar-refractivity contribution is 5.00. The maximum Gasteiger partial charge on any atom is 0.0771 e. The summed E-state index contributed by atoms with van der Waals surface area (Å²) >= 11 is 0. The van der Waals surface area contributed by atoms with E-state index in [4.69, 9.17) is 0 Å². The van der Waals surface area contributed by atoms with Crippen molar-refractivity contribution in [2.24, 2.45) is 0 Å².